The molecule has 0 unspecified atom stereocenters. The van der Waals surface area contributed by atoms with Gasteiger partial charge in [0.05, 0.1) is 23.9 Å². The van der Waals surface area contributed by atoms with Gasteiger partial charge in [-0.2, -0.15) is 0 Å². The molecule has 2 aliphatic heterocycles. The fourth-order valence-corrected chi connectivity index (χ4v) is 5.07. The summed E-state index contributed by atoms with van der Waals surface area (Å²) in [6.07, 6.45) is 0.460. The summed E-state index contributed by atoms with van der Waals surface area (Å²) in [6, 6.07) is 6.15. The van der Waals surface area contributed by atoms with Crippen LogP contribution in [-0.2, 0) is 16.1 Å². The maximum absolute atomic E-state index is 13.2. The van der Waals surface area contributed by atoms with E-state index < -0.39 is 0 Å². The molecule has 1 spiro atoms. The highest BCUT2D eigenvalue weighted by molar-refractivity contribution is 7.11. The summed E-state index contributed by atoms with van der Waals surface area (Å²) in [7, 11) is 0. The quantitative estimate of drug-likeness (QED) is 0.809. The molecule has 5 nitrogen and oxygen atoms in total. The van der Waals surface area contributed by atoms with E-state index in [0.717, 1.165) is 36.0 Å². The van der Waals surface area contributed by atoms with E-state index in [1.165, 1.54) is 17.0 Å². The molecular formula is C20H24FN3O2S. The van der Waals surface area contributed by atoms with Crippen molar-refractivity contribution in [3.05, 3.63) is 45.7 Å². The van der Waals surface area contributed by atoms with E-state index in [2.05, 4.69) is 16.8 Å². The molecule has 2 fully saturated rings. The SMILES string of the molecule is Cc1nc(C)c(CN2CCOC[C@]3(CC(=O)N(c4ccc(F)cc4)C3)C2)s1. The molecule has 2 saturated heterocycles. The van der Waals surface area contributed by atoms with Crippen LogP contribution in [0.3, 0.4) is 0 Å². The number of aromatic nitrogens is 1. The van der Waals surface area contributed by atoms with Crippen LogP contribution < -0.4 is 4.90 Å². The van der Waals surface area contributed by atoms with Crippen LogP contribution in [0, 0.1) is 25.1 Å². The Morgan fingerprint density at radius 1 is 1.26 bits per heavy atom. The molecule has 3 heterocycles. The third kappa shape index (κ3) is 3.90. The van der Waals surface area contributed by atoms with E-state index in [1.807, 2.05) is 6.92 Å². The number of ether oxygens (including phenoxy) is 1. The third-order valence-corrected chi connectivity index (χ3v) is 6.40. The topological polar surface area (TPSA) is 45.7 Å². The van der Waals surface area contributed by atoms with Crippen molar-refractivity contribution in [3.8, 4) is 0 Å². The number of carbonyl (C=O) groups is 1. The van der Waals surface area contributed by atoms with Gasteiger partial charge in [0.25, 0.3) is 0 Å². The van der Waals surface area contributed by atoms with Crippen molar-refractivity contribution in [2.24, 2.45) is 5.41 Å². The van der Waals surface area contributed by atoms with E-state index in [4.69, 9.17) is 4.74 Å². The lowest BCUT2D eigenvalue weighted by Gasteiger charge is -2.31. The van der Waals surface area contributed by atoms with E-state index in [-0.39, 0.29) is 17.1 Å². The number of carbonyl (C=O) groups excluding carboxylic acids is 1. The number of nitrogens with zero attached hydrogens (tertiary/aromatic N) is 3. The minimum absolute atomic E-state index is 0.0804. The first kappa shape index (κ1) is 18.5. The lowest BCUT2D eigenvalue weighted by Crippen LogP contribution is -2.40. The van der Waals surface area contributed by atoms with Crippen molar-refractivity contribution < 1.29 is 13.9 Å². The van der Waals surface area contributed by atoms with Crippen LogP contribution in [0.1, 0.15) is 22.0 Å². The average Bonchev–Trinajstić information content (AvgIpc) is 3.02. The summed E-state index contributed by atoms with van der Waals surface area (Å²) < 4.78 is 19.1. The summed E-state index contributed by atoms with van der Waals surface area (Å²) in [4.78, 5) is 22.7. The first-order valence-electron chi connectivity index (χ1n) is 9.23. The number of aryl methyl sites for hydroxylation is 2. The number of thiazole rings is 1. The molecule has 7 heteroatoms. The monoisotopic (exact) mass is 389 g/mol. The second-order valence-electron chi connectivity index (χ2n) is 7.64. The molecule has 27 heavy (non-hydrogen) atoms. The second-order valence-corrected chi connectivity index (χ2v) is 8.93. The normalized spacial score (nSPS) is 24.0. The third-order valence-electron chi connectivity index (χ3n) is 5.35. The molecular weight excluding hydrogens is 365 g/mol. The molecule has 144 valence electrons. The Morgan fingerprint density at radius 3 is 2.74 bits per heavy atom. The summed E-state index contributed by atoms with van der Waals surface area (Å²) in [5, 5.41) is 1.09. The highest BCUT2D eigenvalue weighted by atomic mass is 32.1. The Labute approximate surface area is 162 Å². The molecule has 1 amide bonds. The number of anilines is 1. The molecule has 0 radical (unpaired) electrons. The minimum Gasteiger partial charge on any atom is -0.379 e. The van der Waals surface area contributed by atoms with Gasteiger partial charge in [-0.15, -0.1) is 11.3 Å². The number of benzene rings is 1. The van der Waals surface area contributed by atoms with Gasteiger partial charge in [0.15, 0.2) is 0 Å². The van der Waals surface area contributed by atoms with Crippen molar-refractivity contribution >= 4 is 22.9 Å². The summed E-state index contributed by atoms with van der Waals surface area (Å²) >= 11 is 1.74. The molecule has 1 atom stereocenters. The molecule has 2 aliphatic rings. The first-order chi connectivity index (χ1) is 12.9. The lowest BCUT2D eigenvalue weighted by atomic mass is 9.87. The van der Waals surface area contributed by atoms with Crippen LogP contribution in [0.4, 0.5) is 10.1 Å². The second kappa shape index (κ2) is 7.30. The van der Waals surface area contributed by atoms with Crippen molar-refractivity contribution in [2.75, 3.05) is 37.7 Å². The standard InChI is InChI=1S/C20H24FN3O2S/c1-14-18(27-15(2)22-14)10-23-7-8-26-13-20(11-23)9-19(25)24(12-20)17-5-3-16(21)4-6-17/h3-6H,7-13H2,1-2H3/t20-/m1/s1. The van der Waals surface area contributed by atoms with Gasteiger partial charge in [-0.1, -0.05) is 0 Å². The number of rotatable bonds is 3. The van der Waals surface area contributed by atoms with Gasteiger partial charge in [0.2, 0.25) is 5.91 Å². The first-order valence-corrected chi connectivity index (χ1v) is 10.0. The van der Waals surface area contributed by atoms with E-state index in [0.29, 0.717) is 26.2 Å². The smallest absolute Gasteiger partial charge is 0.227 e. The van der Waals surface area contributed by atoms with Crippen molar-refractivity contribution in [1.29, 1.82) is 0 Å². The van der Waals surface area contributed by atoms with Gasteiger partial charge >= 0.3 is 0 Å². The number of amides is 1. The summed E-state index contributed by atoms with van der Waals surface area (Å²) in [6.45, 7) is 8.44. The Bertz CT molecular complexity index is 838. The van der Waals surface area contributed by atoms with Gasteiger partial charge in [-0.25, -0.2) is 9.37 Å². The molecule has 0 saturated carbocycles. The Balaban J connectivity index is 1.52. The van der Waals surface area contributed by atoms with Crippen LogP contribution in [0.5, 0.6) is 0 Å². The molecule has 0 bridgehead atoms. The summed E-state index contributed by atoms with van der Waals surface area (Å²) in [5.41, 5.74) is 1.62. The van der Waals surface area contributed by atoms with Gasteiger partial charge in [-0.3, -0.25) is 9.69 Å². The molecule has 1 aromatic carbocycles. The zero-order chi connectivity index (χ0) is 19.0. The number of hydrogen-bond donors (Lipinski definition) is 0. The molecule has 0 aliphatic carbocycles. The fourth-order valence-electron chi connectivity index (χ4n) is 4.09. The van der Waals surface area contributed by atoms with Crippen LogP contribution >= 0.6 is 11.3 Å². The molecule has 0 N–H and O–H groups in total. The zero-order valence-corrected chi connectivity index (χ0v) is 16.5. The molecule has 1 aromatic heterocycles. The molecule has 4 rings (SSSR count). The fraction of sp³-hybridized carbons (Fsp3) is 0.500. The van der Waals surface area contributed by atoms with Crippen molar-refractivity contribution in [2.45, 2.75) is 26.8 Å². The molecule has 2 aromatic rings. The average molecular weight is 389 g/mol. The van der Waals surface area contributed by atoms with Crippen molar-refractivity contribution in [1.82, 2.24) is 9.88 Å². The van der Waals surface area contributed by atoms with Crippen LogP contribution in [0.15, 0.2) is 24.3 Å². The highest BCUT2D eigenvalue weighted by Gasteiger charge is 2.46. The van der Waals surface area contributed by atoms with E-state index in [1.54, 1.807) is 28.4 Å². The maximum Gasteiger partial charge on any atom is 0.227 e. The summed E-state index contributed by atoms with van der Waals surface area (Å²) in [5.74, 6) is -0.212. The Morgan fingerprint density at radius 2 is 2.04 bits per heavy atom. The predicted molar refractivity (Wildman–Crippen MR) is 103 cm³/mol. The zero-order valence-electron chi connectivity index (χ0n) is 15.7. The predicted octanol–water partition coefficient (Wildman–Crippen LogP) is 3.15. The minimum atomic E-state index is -0.292. The van der Waals surface area contributed by atoms with Crippen molar-refractivity contribution in [3.63, 3.8) is 0 Å². The van der Waals surface area contributed by atoms with Gasteiger partial charge in [-0.05, 0) is 38.1 Å². The van der Waals surface area contributed by atoms with Gasteiger partial charge in [0.1, 0.15) is 5.82 Å². The number of halogens is 1. The van der Waals surface area contributed by atoms with Crippen LogP contribution in [-0.4, -0.2) is 48.6 Å². The lowest BCUT2D eigenvalue weighted by molar-refractivity contribution is -0.118. The van der Waals surface area contributed by atoms with E-state index in [9.17, 15) is 9.18 Å². The maximum atomic E-state index is 13.2. The Kier molecular flexibility index (Phi) is 5.01. The van der Waals surface area contributed by atoms with Gasteiger partial charge < -0.3 is 9.64 Å². The number of hydrogen-bond acceptors (Lipinski definition) is 5. The van der Waals surface area contributed by atoms with Crippen LogP contribution in [0.25, 0.3) is 0 Å². The van der Waals surface area contributed by atoms with E-state index >= 15 is 0 Å². The largest absolute Gasteiger partial charge is 0.379 e. The Hall–Kier alpha value is -1.83. The van der Waals surface area contributed by atoms with Gasteiger partial charge in [0, 0.05) is 48.6 Å². The highest BCUT2D eigenvalue weighted by Crippen LogP contribution is 2.37. The van der Waals surface area contributed by atoms with Crippen LogP contribution in [0.2, 0.25) is 0 Å².